The molecule has 1 heterocycles. The fraction of sp³-hybridized carbons (Fsp3) is 0.571. The van der Waals surface area contributed by atoms with Gasteiger partial charge in [0.15, 0.2) is 23.3 Å². The second-order valence-corrected chi connectivity index (χ2v) is 7.05. The number of para-hydroxylation sites is 1. The number of ether oxygens (including phenoxy) is 2. The molecule has 0 unspecified atom stereocenters. The smallest absolute Gasteiger partial charge is 0.191 e. The van der Waals surface area contributed by atoms with Gasteiger partial charge < -0.3 is 24.7 Å². The summed E-state index contributed by atoms with van der Waals surface area (Å²) >= 11 is 0. The highest BCUT2D eigenvalue weighted by Gasteiger charge is 2.20. The highest BCUT2D eigenvalue weighted by Crippen LogP contribution is 2.35. The summed E-state index contributed by atoms with van der Waals surface area (Å²) in [4.78, 5) is 4.75. The summed E-state index contributed by atoms with van der Waals surface area (Å²) in [5.74, 6) is 3.18. The Morgan fingerprint density at radius 3 is 2.73 bits per heavy atom. The number of nitrogens with zero attached hydrogens (tertiary/aromatic N) is 4. The van der Waals surface area contributed by atoms with Crippen LogP contribution in [0.1, 0.15) is 50.9 Å². The van der Waals surface area contributed by atoms with Crippen molar-refractivity contribution < 1.29 is 9.47 Å². The second kappa shape index (κ2) is 12.6. The van der Waals surface area contributed by atoms with E-state index in [4.69, 9.17) is 14.5 Å². The fourth-order valence-electron chi connectivity index (χ4n) is 3.50. The lowest BCUT2D eigenvalue weighted by Gasteiger charge is -2.19. The maximum Gasteiger partial charge on any atom is 0.191 e. The third-order valence-electron chi connectivity index (χ3n) is 5.07. The number of halogens is 1. The van der Waals surface area contributed by atoms with Crippen molar-refractivity contribution in [2.24, 2.45) is 4.99 Å². The van der Waals surface area contributed by atoms with E-state index in [2.05, 4.69) is 27.8 Å². The zero-order chi connectivity index (χ0) is 20.5. The molecule has 1 aromatic carbocycles. The Bertz CT molecular complexity index is 805. The number of nitrogens with one attached hydrogen (secondary N) is 2. The Balaban J connectivity index is 0.00000320. The molecule has 30 heavy (non-hydrogen) atoms. The van der Waals surface area contributed by atoms with Crippen LogP contribution in [0.25, 0.3) is 0 Å². The molecule has 9 heteroatoms. The molecule has 2 N–H and O–H groups in total. The Hall–Kier alpha value is -2.04. The van der Waals surface area contributed by atoms with Gasteiger partial charge in [0, 0.05) is 18.7 Å². The standard InChI is InChI=1S/C21H32N6O2.HI/c1-4-22-21(24-14-19-26-25-15-27(19)5-2)23-13-16-9-8-12-18(28-3)20(16)29-17-10-6-7-11-17;/h8-9,12,15,17H,4-7,10-11,13-14H2,1-3H3,(H2,22,23,24);1H. The third-order valence-corrected chi connectivity index (χ3v) is 5.07. The maximum absolute atomic E-state index is 6.31. The predicted octanol–water partition coefficient (Wildman–Crippen LogP) is 3.50. The van der Waals surface area contributed by atoms with Crippen molar-refractivity contribution in [3.05, 3.63) is 35.9 Å². The molecule has 8 nitrogen and oxygen atoms in total. The predicted molar refractivity (Wildman–Crippen MR) is 129 cm³/mol. The Morgan fingerprint density at radius 1 is 1.23 bits per heavy atom. The van der Waals surface area contributed by atoms with E-state index in [0.717, 1.165) is 54.8 Å². The van der Waals surface area contributed by atoms with Crippen molar-refractivity contribution in [3.8, 4) is 11.5 Å². The summed E-state index contributed by atoms with van der Waals surface area (Å²) in [6.07, 6.45) is 6.66. The lowest BCUT2D eigenvalue weighted by Crippen LogP contribution is -2.37. The third kappa shape index (κ3) is 6.48. The molecule has 0 aliphatic heterocycles. The molecule has 0 spiro atoms. The zero-order valence-electron chi connectivity index (χ0n) is 18.1. The molecule has 0 atom stereocenters. The zero-order valence-corrected chi connectivity index (χ0v) is 20.4. The van der Waals surface area contributed by atoms with Crippen LogP contribution in [-0.4, -0.2) is 40.5 Å². The minimum atomic E-state index is 0. The molecular formula is C21H33IN6O2. The number of rotatable bonds is 9. The highest BCUT2D eigenvalue weighted by atomic mass is 127. The van der Waals surface area contributed by atoms with Crippen LogP contribution in [0, 0.1) is 0 Å². The lowest BCUT2D eigenvalue weighted by molar-refractivity contribution is 0.198. The maximum atomic E-state index is 6.31. The van der Waals surface area contributed by atoms with Crippen molar-refractivity contribution in [1.29, 1.82) is 0 Å². The summed E-state index contributed by atoms with van der Waals surface area (Å²) in [5, 5.41) is 14.8. The number of hydrogen-bond acceptors (Lipinski definition) is 5. The van der Waals surface area contributed by atoms with Gasteiger partial charge in [-0.3, -0.25) is 0 Å². The van der Waals surface area contributed by atoms with Gasteiger partial charge in [-0.05, 0) is 45.6 Å². The van der Waals surface area contributed by atoms with Gasteiger partial charge in [-0.2, -0.15) is 0 Å². The number of methoxy groups -OCH3 is 1. The molecule has 1 aromatic heterocycles. The monoisotopic (exact) mass is 528 g/mol. The van der Waals surface area contributed by atoms with Gasteiger partial charge in [-0.1, -0.05) is 12.1 Å². The fourth-order valence-corrected chi connectivity index (χ4v) is 3.50. The first-order valence-corrected chi connectivity index (χ1v) is 10.5. The average Bonchev–Trinajstić information content (AvgIpc) is 3.42. The van der Waals surface area contributed by atoms with Gasteiger partial charge >= 0.3 is 0 Å². The SMILES string of the molecule is CCNC(=NCc1cccc(OC)c1OC1CCCC1)NCc1nncn1CC.I. The Labute approximate surface area is 195 Å². The highest BCUT2D eigenvalue weighted by molar-refractivity contribution is 14.0. The number of aryl methyl sites for hydroxylation is 1. The van der Waals surface area contributed by atoms with Crippen molar-refractivity contribution in [2.45, 2.75) is 65.3 Å². The van der Waals surface area contributed by atoms with E-state index >= 15 is 0 Å². The summed E-state index contributed by atoms with van der Waals surface area (Å²) < 4.78 is 13.9. The first kappa shape index (κ1) is 24.2. The van der Waals surface area contributed by atoms with Crippen molar-refractivity contribution in [2.75, 3.05) is 13.7 Å². The molecule has 0 amide bonds. The first-order chi connectivity index (χ1) is 14.2. The van der Waals surface area contributed by atoms with E-state index in [0.29, 0.717) is 13.1 Å². The van der Waals surface area contributed by atoms with Crippen LogP contribution < -0.4 is 20.1 Å². The van der Waals surface area contributed by atoms with Crippen LogP contribution in [0.5, 0.6) is 11.5 Å². The molecule has 1 fully saturated rings. The van der Waals surface area contributed by atoms with Gasteiger partial charge in [0.2, 0.25) is 0 Å². The molecule has 1 aliphatic carbocycles. The van der Waals surface area contributed by atoms with Crippen LogP contribution in [0.4, 0.5) is 0 Å². The molecule has 0 radical (unpaired) electrons. The van der Waals surface area contributed by atoms with Crippen molar-refractivity contribution in [1.82, 2.24) is 25.4 Å². The van der Waals surface area contributed by atoms with Crippen LogP contribution >= 0.6 is 24.0 Å². The molecule has 1 aliphatic rings. The Kier molecular flexibility index (Phi) is 10.2. The summed E-state index contributed by atoms with van der Waals surface area (Å²) in [6.45, 7) is 6.78. The van der Waals surface area contributed by atoms with E-state index < -0.39 is 0 Å². The minimum Gasteiger partial charge on any atom is -0.493 e. The van der Waals surface area contributed by atoms with Crippen LogP contribution in [0.2, 0.25) is 0 Å². The molecule has 0 bridgehead atoms. The van der Waals surface area contributed by atoms with E-state index in [-0.39, 0.29) is 30.1 Å². The summed E-state index contributed by atoms with van der Waals surface area (Å²) in [5.41, 5.74) is 1.02. The van der Waals surface area contributed by atoms with Gasteiger partial charge in [0.1, 0.15) is 6.33 Å². The number of benzene rings is 1. The normalized spacial score (nSPS) is 14.3. The van der Waals surface area contributed by atoms with E-state index in [1.165, 1.54) is 12.8 Å². The lowest BCUT2D eigenvalue weighted by atomic mass is 10.1. The van der Waals surface area contributed by atoms with Gasteiger partial charge in [0.05, 0.1) is 26.3 Å². The number of aliphatic imine (C=N–C) groups is 1. The number of aromatic nitrogens is 3. The van der Waals surface area contributed by atoms with Crippen molar-refractivity contribution in [3.63, 3.8) is 0 Å². The summed E-state index contributed by atoms with van der Waals surface area (Å²) in [6, 6.07) is 5.97. The Morgan fingerprint density at radius 2 is 2.03 bits per heavy atom. The largest absolute Gasteiger partial charge is 0.493 e. The quantitative estimate of drug-likeness (QED) is 0.295. The van der Waals surface area contributed by atoms with E-state index in [1.54, 1.807) is 13.4 Å². The van der Waals surface area contributed by atoms with Crippen LogP contribution in [0.15, 0.2) is 29.5 Å². The van der Waals surface area contributed by atoms with E-state index in [9.17, 15) is 0 Å². The average molecular weight is 528 g/mol. The van der Waals surface area contributed by atoms with Gasteiger partial charge in [-0.25, -0.2) is 4.99 Å². The molecular weight excluding hydrogens is 495 g/mol. The number of hydrogen-bond donors (Lipinski definition) is 2. The van der Waals surface area contributed by atoms with Gasteiger partial charge in [-0.15, -0.1) is 34.2 Å². The molecule has 166 valence electrons. The number of guanidine groups is 1. The minimum absolute atomic E-state index is 0. The van der Waals surface area contributed by atoms with E-state index in [1.807, 2.05) is 29.7 Å². The second-order valence-electron chi connectivity index (χ2n) is 7.05. The molecule has 2 aromatic rings. The van der Waals surface area contributed by atoms with Crippen LogP contribution in [0.3, 0.4) is 0 Å². The topological polar surface area (TPSA) is 85.6 Å². The summed E-state index contributed by atoms with van der Waals surface area (Å²) in [7, 11) is 1.68. The van der Waals surface area contributed by atoms with Crippen molar-refractivity contribution >= 4 is 29.9 Å². The molecule has 3 rings (SSSR count). The first-order valence-electron chi connectivity index (χ1n) is 10.5. The van der Waals surface area contributed by atoms with Crippen LogP contribution in [-0.2, 0) is 19.6 Å². The molecule has 0 saturated heterocycles. The van der Waals surface area contributed by atoms with Gasteiger partial charge in [0.25, 0.3) is 0 Å². The molecule has 1 saturated carbocycles.